The molecular formula is C43H49F3N8O5S. The van der Waals surface area contributed by atoms with Gasteiger partial charge in [-0.05, 0) is 112 Å². The lowest BCUT2D eigenvalue weighted by Gasteiger charge is -2.44. The third kappa shape index (κ3) is 9.41. The van der Waals surface area contributed by atoms with Crippen molar-refractivity contribution < 1.29 is 37.1 Å². The Morgan fingerprint density at radius 1 is 1.02 bits per heavy atom. The maximum Gasteiger partial charge on any atom is 0.417 e. The van der Waals surface area contributed by atoms with Gasteiger partial charge in [0.15, 0.2) is 5.11 Å². The van der Waals surface area contributed by atoms with Gasteiger partial charge in [-0.1, -0.05) is 19.9 Å². The van der Waals surface area contributed by atoms with Gasteiger partial charge < -0.3 is 20.3 Å². The number of amides is 4. The highest BCUT2D eigenvalue weighted by Gasteiger charge is 2.51. The van der Waals surface area contributed by atoms with Gasteiger partial charge in [-0.3, -0.25) is 39.2 Å². The molecule has 3 atom stereocenters. The highest BCUT2D eigenvalue weighted by Crippen LogP contribution is 2.41. The van der Waals surface area contributed by atoms with Gasteiger partial charge in [0.05, 0.1) is 29.4 Å². The van der Waals surface area contributed by atoms with Crippen molar-refractivity contribution in [3.63, 3.8) is 0 Å². The lowest BCUT2D eigenvalue weighted by Crippen LogP contribution is -2.58. The second kappa shape index (κ2) is 17.6. The lowest BCUT2D eigenvalue weighted by molar-refractivity contribution is -0.138. The van der Waals surface area contributed by atoms with Crippen molar-refractivity contribution >= 4 is 63.7 Å². The van der Waals surface area contributed by atoms with Gasteiger partial charge in [0.2, 0.25) is 17.7 Å². The molecule has 3 saturated heterocycles. The van der Waals surface area contributed by atoms with Crippen LogP contribution >= 0.6 is 12.2 Å². The van der Waals surface area contributed by atoms with Gasteiger partial charge in [0.1, 0.15) is 23.9 Å². The number of piperazine rings is 1. The molecule has 3 fully saturated rings. The van der Waals surface area contributed by atoms with Gasteiger partial charge in [-0.25, -0.2) is 0 Å². The van der Waals surface area contributed by atoms with Crippen molar-refractivity contribution in [1.82, 2.24) is 15.1 Å². The molecule has 13 nitrogen and oxygen atoms in total. The minimum Gasteiger partial charge on any atom is -0.492 e. The van der Waals surface area contributed by atoms with Crippen molar-refractivity contribution in [3.05, 3.63) is 77.4 Å². The van der Waals surface area contributed by atoms with Crippen molar-refractivity contribution in [2.24, 2.45) is 0 Å². The molecule has 3 aliphatic heterocycles. The second-order valence-corrected chi connectivity index (χ2v) is 16.7. The predicted octanol–water partition coefficient (Wildman–Crippen LogP) is 6.25. The summed E-state index contributed by atoms with van der Waals surface area (Å²) in [5.41, 5.74) is -0.304. The minimum absolute atomic E-state index is 0.0118. The maximum absolute atomic E-state index is 13.8. The molecule has 1 unspecified atom stereocenters. The van der Waals surface area contributed by atoms with Gasteiger partial charge in [-0.2, -0.15) is 18.4 Å². The Balaban J connectivity index is 1.05. The summed E-state index contributed by atoms with van der Waals surface area (Å²) in [6.07, 6.45) is -4.15. The number of nitriles is 1. The summed E-state index contributed by atoms with van der Waals surface area (Å²) in [7, 11) is 0. The quantitative estimate of drug-likeness (QED) is 0.140. The highest BCUT2D eigenvalue weighted by molar-refractivity contribution is 7.81. The first-order valence-electron chi connectivity index (χ1n) is 19.8. The molecule has 6 rings (SSSR count). The third-order valence-corrected chi connectivity index (χ3v) is 11.5. The maximum atomic E-state index is 13.8. The Morgan fingerprint density at radius 2 is 1.70 bits per heavy atom. The summed E-state index contributed by atoms with van der Waals surface area (Å²) in [4.78, 5) is 57.8. The first-order chi connectivity index (χ1) is 28.3. The van der Waals surface area contributed by atoms with E-state index in [0.29, 0.717) is 42.4 Å². The second-order valence-electron chi connectivity index (χ2n) is 16.3. The predicted molar refractivity (Wildman–Crippen MR) is 226 cm³/mol. The Hall–Kier alpha value is -5.57. The standard InChI is InChI=1S/C43H49F3N8O5S/c1-25(2)33-19-32(54-41(60)53(40(58)42(54,5)6)31-11-10-28(21-47)34(20-31)43(44,45)46)12-14-36(33)59-17-16-51-22-26(3)52(27(4)23-51)24-38(56)49-30-9-7-8-29(18-30)48-35-13-15-37(55)50-39(35)57/h7-12,14,18-20,25-27,35,48H,13,15-17,22-24H2,1-6H3,(H,49,56)(H,50,55,57)/t26-,27+,35?. The van der Waals surface area contributed by atoms with Crippen LogP contribution in [0, 0.1) is 11.3 Å². The van der Waals surface area contributed by atoms with Crippen LogP contribution in [0.3, 0.4) is 0 Å². The van der Waals surface area contributed by atoms with Crippen molar-refractivity contribution in [2.45, 2.75) is 90.1 Å². The van der Waals surface area contributed by atoms with E-state index in [4.69, 9.17) is 17.0 Å². The SMILES string of the molecule is CC(C)c1cc(N2C(=S)N(c3ccc(C#N)c(C(F)(F)F)c3)C(=O)C2(C)C)ccc1OCCN1C[C@@H](C)N(CC(=O)Nc2cccc(NC3CCC(=O)NC3=O)c2)[C@@H](C)C1. The molecule has 3 aromatic rings. The van der Waals surface area contributed by atoms with Crippen molar-refractivity contribution in [1.29, 1.82) is 5.26 Å². The van der Waals surface area contributed by atoms with Crippen LogP contribution in [0.2, 0.25) is 0 Å². The molecule has 0 aromatic heterocycles. The van der Waals surface area contributed by atoms with Crippen LogP contribution in [0.25, 0.3) is 0 Å². The van der Waals surface area contributed by atoms with E-state index in [2.05, 4.69) is 39.6 Å². The van der Waals surface area contributed by atoms with Crippen LogP contribution in [0.4, 0.5) is 35.9 Å². The van der Waals surface area contributed by atoms with Gasteiger partial charge in [-0.15, -0.1) is 0 Å². The molecule has 60 heavy (non-hydrogen) atoms. The summed E-state index contributed by atoms with van der Waals surface area (Å²) in [5.74, 6) is -0.648. The number of nitrogens with one attached hydrogen (secondary N) is 3. The summed E-state index contributed by atoms with van der Waals surface area (Å²) >= 11 is 5.75. The van der Waals surface area contributed by atoms with E-state index in [1.807, 2.05) is 26.0 Å². The van der Waals surface area contributed by atoms with Crippen LogP contribution in [-0.4, -0.2) is 95.0 Å². The number of piperidine rings is 1. The number of rotatable bonds is 12. The van der Waals surface area contributed by atoms with Gasteiger partial charge in [0.25, 0.3) is 5.91 Å². The smallest absolute Gasteiger partial charge is 0.417 e. The Kier molecular flexibility index (Phi) is 12.9. The largest absolute Gasteiger partial charge is 0.492 e. The molecule has 0 saturated carbocycles. The average molecular weight is 847 g/mol. The summed E-state index contributed by atoms with van der Waals surface area (Å²) in [6.45, 7) is 14.2. The van der Waals surface area contributed by atoms with Crippen LogP contribution < -0.4 is 30.5 Å². The first-order valence-corrected chi connectivity index (χ1v) is 20.2. The lowest BCUT2D eigenvalue weighted by atomic mass is 9.98. The molecule has 3 aliphatic rings. The molecule has 0 bridgehead atoms. The normalized spacial score (nSPS) is 21.2. The van der Waals surface area contributed by atoms with Crippen LogP contribution in [0.15, 0.2) is 60.7 Å². The number of carbonyl (C=O) groups is 4. The Morgan fingerprint density at radius 3 is 2.35 bits per heavy atom. The van der Waals surface area contributed by atoms with Gasteiger partial charge >= 0.3 is 6.18 Å². The van der Waals surface area contributed by atoms with Crippen LogP contribution in [0.1, 0.15) is 77.0 Å². The number of benzene rings is 3. The zero-order chi connectivity index (χ0) is 43.7. The van der Waals surface area contributed by atoms with Crippen LogP contribution in [0.5, 0.6) is 5.75 Å². The molecule has 0 aliphatic carbocycles. The molecule has 3 heterocycles. The molecule has 17 heteroatoms. The molecule has 3 N–H and O–H groups in total. The number of alkyl halides is 3. The fraction of sp³-hybridized carbons (Fsp3) is 0.442. The molecule has 4 amide bonds. The minimum atomic E-state index is -4.80. The monoisotopic (exact) mass is 846 g/mol. The number of imide groups is 1. The van der Waals surface area contributed by atoms with E-state index in [1.54, 1.807) is 55.1 Å². The van der Waals surface area contributed by atoms with E-state index >= 15 is 0 Å². The van der Waals surface area contributed by atoms with E-state index in [9.17, 15) is 37.6 Å². The van der Waals surface area contributed by atoms with E-state index in [1.165, 1.54) is 6.07 Å². The average Bonchev–Trinajstić information content (AvgIpc) is 3.35. The third-order valence-electron chi connectivity index (χ3n) is 11.1. The van der Waals surface area contributed by atoms with E-state index in [-0.39, 0.29) is 59.5 Å². The fourth-order valence-corrected chi connectivity index (χ4v) is 8.57. The van der Waals surface area contributed by atoms with Crippen LogP contribution in [-0.2, 0) is 25.4 Å². The molecule has 318 valence electrons. The number of hydrogen-bond acceptors (Lipinski definition) is 10. The number of carbonyl (C=O) groups excluding carboxylic acids is 4. The number of ether oxygens (including phenoxy) is 1. The summed E-state index contributed by atoms with van der Waals surface area (Å²) < 4.78 is 47.8. The topological polar surface area (TPSA) is 150 Å². The fourth-order valence-electron chi connectivity index (χ4n) is 8.05. The zero-order valence-electron chi connectivity index (χ0n) is 34.4. The number of halogens is 3. The van der Waals surface area contributed by atoms with Crippen molar-refractivity contribution in [2.75, 3.05) is 53.2 Å². The van der Waals surface area contributed by atoms with Gasteiger partial charge in [0, 0.05) is 55.2 Å². The number of nitrogens with zero attached hydrogens (tertiary/aromatic N) is 5. The number of thiocarbonyl (C=S) groups is 1. The van der Waals surface area contributed by atoms with E-state index in [0.717, 1.165) is 35.7 Å². The van der Waals surface area contributed by atoms with E-state index < -0.39 is 34.8 Å². The summed E-state index contributed by atoms with van der Waals surface area (Å²) in [5, 5.41) is 17.7. The summed E-state index contributed by atoms with van der Waals surface area (Å²) in [6, 6.07) is 16.9. The molecule has 3 aromatic carbocycles. The zero-order valence-corrected chi connectivity index (χ0v) is 35.2. The first kappa shape index (κ1) is 44.0. The van der Waals surface area contributed by atoms with Crippen molar-refractivity contribution in [3.8, 4) is 11.8 Å². The number of hydrogen-bond donors (Lipinski definition) is 3. The molecular weight excluding hydrogens is 798 g/mol. The number of anilines is 4. The Bertz CT molecular complexity index is 2210. The Labute approximate surface area is 352 Å². The highest BCUT2D eigenvalue weighted by atomic mass is 32.1. The molecule has 0 spiro atoms. The molecule has 0 radical (unpaired) electrons.